The van der Waals surface area contributed by atoms with Crippen molar-refractivity contribution in [3.8, 4) is 0 Å². The molecule has 0 aromatic heterocycles. The molecule has 0 bridgehead atoms. The molecule has 2 atom stereocenters. The molecule has 2 heterocycles. The first-order valence-electron chi connectivity index (χ1n) is 6.10. The average molecular weight is 183 g/mol. The van der Waals surface area contributed by atoms with Gasteiger partial charge in [-0.15, -0.1) is 0 Å². The molecule has 0 aromatic carbocycles. The second-order valence-corrected chi connectivity index (χ2v) is 4.32. The summed E-state index contributed by atoms with van der Waals surface area (Å²) in [6, 6.07) is 0.965. The second-order valence-electron chi connectivity index (χ2n) is 4.32. The molecule has 13 heavy (non-hydrogen) atoms. The Balaban J connectivity index is 0.000000396. The highest BCUT2D eigenvalue weighted by Gasteiger charge is 2.27. The maximum Gasteiger partial charge on any atom is 0.00978 e. The predicted molar refractivity (Wildman–Crippen MR) is 59.0 cm³/mol. The van der Waals surface area contributed by atoms with Crippen molar-refractivity contribution in [2.45, 2.75) is 58.9 Å². The number of hydrogen-bond donors (Lipinski definition) is 0. The minimum Gasteiger partial charge on any atom is -0.300 e. The maximum atomic E-state index is 2.71. The summed E-state index contributed by atoms with van der Waals surface area (Å²) in [6.07, 6.45) is 7.32. The van der Waals surface area contributed by atoms with Gasteiger partial charge in [0.05, 0.1) is 0 Å². The highest BCUT2D eigenvalue weighted by Crippen LogP contribution is 2.28. The van der Waals surface area contributed by atoms with E-state index in [2.05, 4.69) is 11.8 Å². The third kappa shape index (κ3) is 2.98. The van der Waals surface area contributed by atoms with Gasteiger partial charge in [-0.2, -0.15) is 0 Å². The summed E-state index contributed by atoms with van der Waals surface area (Å²) in [5, 5.41) is 0. The van der Waals surface area contributed by atoms with Gasteiger partial charge < -0.3 is 4.90 Å². The molecule has 0 aliphatic carbocycles. The van der Waals surface area contributed by atoms with Crippen LogP contribution in [0.25, 0.3) is 0 Å². The Morgan fingerprint density at radius 3 is 2.54 bits per heavy atom. The van der Waals surface area contributed by atoms with Gasteiger partial charge in [-0.3, -0.25) is 0 Å². The molecule has 2 saturated heterocycles. The van der Waals surface area contributed by atoms with Crippen molar-refractivity contribution in [3.05, 3.63) is 0 Å². The van der Waals surface area contributed by atoms with Crippen LogP contribution in [0.15, 0.2) is 0 Å². The van der Waals surface area contributed by atoms with Gasteiger partial charge in [0.2, 0.25) is 0 Å². The molecule has 2 aliphatic heterocycles. The molecule has 0 amide bonds. The Kier molecular flexibility index (Phi) is 4.79. The van der Waals surface area contributed by atoms with Crippen LogP contribution in [-0.4, -0.2) is 24.0 Å². The number of rotatable bonds is 0. The Morgan fingerprint density at radius 1 is 1.00 bits per heavy atom. The summed E-state index contributed by atoms with van der Waals surface area (Å²) in [6.45, 7) is 9.18. The van der Waals surface area contributed by atoms with Gasteiger partial charge in [-0.1, -0.05) is 27.2 Å². The summed E-state index contributed by atoms with van der Waals surface area (Å²) < 4.78 is 0. The molecule has 0 saturated carbocycles. The van der Waals surface area contributed by atoms with Crippen LogP contribution in [0.4, 0.5) is 0 Å². The molecule has 0 N–H and O–H groups in total. The van der Waals surface area contributed by atoms with Gasteiger partial charge in [0.25, 0.3) is 0 Å². The van der Waals surface area contributed by atoms with E-state index in [0.29, 0.717) is 0 Å². The van der Waals surface area contributed by atoms with Gasteiger partial charge in [-0.25, -0.2) is 0 Å². The monoisotopic (exact) mass is 183 g/mol. The molecule has 2 fully saturated rings. The molecule has 0 radical (unpaired) electrons. The lowest BCUT2D eigenvalue weighted by atomic mass is 9.87. The lowest BCUT2D eigenvalue weighted by molar-refractivity contribution is 0.0839. The molecule has 0 aromatic rings. The maximum absolute atomic E-state index is 2.71. The summed E-state index contributed by atoms with van der Waals surface area (Å²) in [5.41, 5.74) is 0. The fourth-order valence-electron chi connectivity index (χ4n) is 2.59. The van der Waals surface area contributed by atoms with Gasteiger partial charge >= 0.3 is 0 Å². The van der Waals surface area contributed by atoms with Crippen LogP contribution in [0.2, 0.25) is 0 Å². The second kappa shape index (κ2) is 5.64. The Morgan fingerprint density at radius 2 is 1.77 bits per heavy atom. The SMILES string of the molecule is CC.CC1CCN2CCCCC2C1. The van der Waals surface area contributed by atoms with Crippen molar-refractivity contribution >= 4 is 0 Å². The van der Waals surface area contributed by atoms with Crippen LogP contribution < -0.4 is 0 Å². The third-order valence-corrected chi connectivity index (χ3v) is 3.33. The van der Waals surface area contributed by atoms with Gasteiger partial charge in [0.15, 0.2) is 0 Å². The lowest BCUT2D eigenvalue weighted by Gasteiger charge is -2.41. The summed E-state index contributed by atoms with van der Waals surface area (Å²) in [5.74, 6) is 0.995. The minimum absolute atomic E-state index is 0.965. The average Bonchev–Trinajstić information content (AvgIpc) is 2.21. The fraction of sp³-hybridized carbons (Fsp3) is 1.00. The first kappa shape index (κ1) is 11.0. The van der Waals surface area contributed by atoms with E-state index in [1.165, 1.54) is 45.2 Å². The first-order chi connectivity index (χ1) is 6.36. The first-order valence-corrected chi connectivity index (χ1v) is 6.10. The van der Waals surface area contributed by atoms with E-state index < -0.39 is 0 Å². The molecule has 1 nitrogen and oxygen atoms in total. The molecule has 78 valence electrons. The van der Waals surface area contributed by atoms with E-state index in [1.807, 2.05) is 13.8 Å². The standard InChI is InChI=1S/C10H19N.C2H6/c1-9-5-7-11-6-3-2-4-10(11)8-9;1-2/h9-10H,2-8H2,1H3;1-2H3. The molecule has 2 unspecified atom stereocenters. The van der Waals surface area contributed by atoms with E-state index in [4.69, 9.17) is 0 Å². The fourth-order valence-corrected chi connectivity index (χ4v) is 2.59. The number of hydrogen-bond acceptors (Lipinski definition) is 1. The lowest BCUT2D eigenvalue weighted by Crippen LogP contribution is -2.44. The highest BCUT2D eigenvalue weighted by molar-refractivity contribution is 4.82. The van der Waals surface area contributed by atoms with Crippen LogP contribution in [0.5, 0.6) is 0 Å². The minimum atomic E-state index is 0.965. The number of nitrogens with zero attached hydrogens (tertiary/aromatic N) is 1. The number of piperidine rings is 2. The van der Waals surface area contributed by atoms with Crippen molar-refractivity contribution in [1.82, 2.24) is 4.90 Å². The Labute approximate surface area is 83.5 Å². The molecular weight excluding hydrogens is 158 g/mol. The third-order valence-electron chi connectivity index (χ3n) is 3.33. The molecule has 1 heteroatoms. The molecule has 2 rings (SSSR count). The van der Waals surface area contributed by atoms with E-state index in [-0.39, 0.29) is 0 Å². The predicted octanol–water partition coefficient (Wildman–Crippen LogP) is 3.30. The van der Waals surface area contributed by atoms with Gasteiger partial charge in [0.1, 0.15) is 0 Å². The van der Waals surface area contributed by atoms with Crippen molar-refractivity contribution in [2.24, 2.45) is 5.92 Å². The summed E-state index contributed by atoms with van der Waals surface area (Å²) in [4.78, 5) is 2.71. The zero-order chi connectivity index (χ0) is 9.68. The van der Waals surface area contributed by atoms with Gasteiger partial charge in [0, 0.05) is 6.04 Å². The van der Waals surface area contributed by atoms with E-state index in [0.717, 1.165) is 12.0 Å². The van der Waals surface area contributed by atoms with Crippen molar-refractivity contribution in [1.29, 1.82) is 0 Å². The van der Waals surface area contributed by atoms with Gasteiger partial charge in [-0.05, 0) is 44.7 Å². The zero-order valence-electron chi connectivity index (χ0n) is 9.55. The normalized spacial score (nSPS) is 34.4. The van der Waals surface area contributed by atoms with Crippen molar-refractivity contribution < 1.29 is 0 Å². The smallest absolute Gasteiger partial charge is 0.00978 e. The van der Waals surface area contributed by atoms with E-state index in [1.54, 1.807) is 0 Å². The topological polar surface area (TPSA) is 3.24 Å². The Hall–Kier alpha value is -0.0400. The largest absolute Gasteiger partial charge is 0.300 e. The van der Waals surface area contributed by atoms with Crippen LogP contribution in [0.3, 0.4) is 0 Å². The van der Waals surface area contributed by atoms with Crippen molar-refractivity contribution in [3.63, 3.8) is 0 Å². The molecular formula is C12H25N. The number of fused-ring (bicyclic) bond motifs is 1. The van der Waals surface area contributed by atoms with Crippen LogP contribution in [0.1, 0.15) is 52.9 Å². The van der Waals surface area contributed by atoms with Crippen molar-refractivity contribution in [2.75, 3.05) is 13.1 Å². The molecule has 2 aliphatic rings. The highest BCUT2D eigenvalue weighted by atomic mass is 15.2. The van der Waals surface area contributed by atoms with E-state index in [9.17, 15) is 0 Å². The quantitative estimate of drug-likeness (QED) is 0.557. The van der Waals surface area contributed by atoms with Crippen LogP contribution in [0, 0.1) is 5.92 Å². The van der Waals surface area contributed by atoms with Crippen LogP contribution >= 0.6 is 0 Å². The summed E-state index contributed by atoms with van der Waals surface area (Å²) in [7, 11) is 0. The van der Waals surface area contributed by atoms with Crippen LogP contribution in [-0.2, 0) is 0 Å². The molecule has 0 spiro atoms. The summed E-state index contributed by atoms with van der Waals surface area (Å²) >= 11 is 0. The zero-order valence-corrected chi connectivity index (χ0v) is 9.55. The van der Waals surface area contributed by atoms with E-state index >= 15 is 0 Å². The Bertz CT molecular complexity index is 133.